The second-order valence-corrected chi connectivity index (χ2v) is 13.9. The maximum atomic E-state index is 5.35. The fourth-order valence-corrected chi connectivity index (χ4v) is 8.25. The molecule has 0 saturated heterocycles. The molecule has 6 aromatic rings. The Morgan fingerprint density at radius 2 is 1.22 bits per heavy atom. The van der Waals surface area contributed by atoms with Crippen molar-refractivity contribution < 1.29 is 0 Å². The predicted octanol–water partition coefficient (Wildman–Crippen LogP) is 9.56. The van der Waals surface area contributed by atoms with Gasteiger partial charge in [-0.3, -0.25) is 4.99 Å². The fourth-order valence-electron chi connectivity index (χ4n) is 8.25. The third-order valence-corrected chi connectivity index (χ3v) is 10.7. The van der Waals surface area contributed by atoms with E-state index in [0.29, 0.717) is 5.82 Å². The summed E-state index contributed by atoms with van der Waals surface area (Å²) in [5.41, 5.74) is 7.10. The van der Waals surface area contributed by atoms with E-state index < -0.39 is 5.54 Å². The van der Waals surface area contributed by atoms with Crippen LogP contribution in [0.15, 0.2) is 145 Å². The van der Waals surface area contributed by atoms with Crippen LogP contribution in [0.2, 0.25) is 0 Å². The van der Waals surface area contributed by atoms with Gasteiger partial charge >= 0.3 is 0 Å². The number of hydrogen-bond donors (Lipinski definition) is 0. The van der Waals surface area contributed by atoms with Crippen LogP contribution in [0.3, 0.4) is 0 Å². The van der Waals surface area contributed by atoms with Crippen molar-refractivity contribution in [2.45, 2.75) is 69.5 Å². The van der Waals surface area contributed by atoms with Gasteiger partial charge in [-0.1, -0.05) is 166 Å². The summed E-state index contributed by atoms with van der Waals surface area (Å²) in [5, 5.41) is 13.9. The van der Waals surface area contributed by atoms with E-state index in [1.807, 2.05) is 4.68 Å². The van der Waals surface area contributed by atoms with Gasteiger partial charge in [-0.15, -0.1) is 5.10 Å². The summed E-state index contributed by atoms with van der Waals surface area (Å²) in [6.07, 6.45) is 8.54. The molecular weight excluding hydrogens is 613 g/mol. The molecule has 1 aliphatic heterocycles. The molecule has 0 bridgehead atoms. The second kappa shape index (κ2) is 13.9. The zero-order valence-electron chi connectivity index (χ0n) is 28.8. The van der Waals surface area contributed by atoms with E-state index >= 15 is 0 Å². The highest BCUT2D eigenvalue weighted by Crippen LogP contribution is 2.44. The normalized spacial score (nSPS) is 15.5. The minimum Gasteiger partial charge on any atom is -0.354 e. The first-order valence-electron chi connectivity index (χ1n) is 18.2. The molecule has 50 heavy (non-hydrogen) atoms. The Morgan fingerprint density at radius 3 is 1.80 bits per heavy atom. The molecule has 2 aliphatic rings. The number of tetrazole rings is 1. The van der Waals surface area contributed by atoms with Gasteiger partial charge in [0.15, 0.2) is 5.82 Å². The highest BCUT2D eigenvalue weighted by Gasteiger charge is 2.43. The smallest absolute Gasteiger partial charge is 0.184 e. The molecule has 250 valence electrons. The Hall–Kier alpha value is -5.36. The summed E-state index contributed by atoms with van der Waals surface area (Å²) in [7, 11) is 0. The third kappa shape index (κ3) is 5.83. The maximum absolute atomic E-state index is 5.35. The van der Waals surface area contributed by atoms with Gasteiger partial charge in [0.25, 0.3) is 0 Å². The first-order valence-corrected chi connectivity index (χ1v) is 18.2. The number of amidine groups is 1. The van der Waals surface area contributed by atoms with Gasteiger partial charge in [-0.25, -0.2) is 4.68 Å². The van der Waals surface area contributed by atoms with Crippen molar-refractivity contribution in [3.8, 4) is 22.5 Å². The van der Waals surface area contributed by atoms with Crippen molar-refractivity contribution in [1.29, 1.82) is 0 Å². The van der Waals surface area contributed by atoms with Crippen molar-refractivity contribution in [2.24, 2.45) is 4.99 Å². The molecule has 0 unspecified atom stereocenters. The molecule has 0 amide bonds. The molecule has 1 fully saturated rings. The standard InChI is InChI=1S/C44H44N6/c1-2-3-25-41-45-43(30-15-16-31-43)33-49(41)32-34-26-28-35(29-27-34)39-23-13-14-24-40(39)42-46-47-48-50(42)44(36-17-7-4-8-18-36,37-19-9-5-10-20-37)38-21-11-6-12-22-38/h4-14,17-24,26-29H,2-3,15-16,25,30-33H2,1H3. The van der Waals surface area contributed by atoms with Gasteiger partial charge in [-0.2, -0.15) is 0 Å². The van der Waals surface area contributed by atoms with Crippen LogP contribution in [-0.4, -0.2) is 43.0 Å². The Labute approximate surface area is 295 Å². The first-order chi connectivity index (χ1) is 24.7. The van der Waals surface area contributed by atoms with Gasteiger partial charge in [0.05, 0.1) is 5.54 Å². The molecular formula is C44H44N6. The Kier molecular flexibility index (Phi) is 8.84. The highest BCUT2D eigenvalue weighted by atomic mass is 15.6. The number of aromatic nitrogens is 4. The van der Waals surface area contributed by atoms with Crippen molar-refractivity contribution in [3.05, 3.63) is 162 Å². The lowest BCUT2D eigenvalue weighted by atomic mass is 9.77. The number of unbranched alkanes of at least 4 members (excludes halogenated alkanes) is 1. The molecule has 6 heteroatoms. The quantitative estimate of drug-likeness (QED) is 0.130. The van der Waals surface area contributed by atoms with Crippen LogP contribution in [0.4, 0.5) is 0 Å². The summed E-state index contributed by atoms with van der Waals surface area (Å²) in [6, 6.07) is 49.3. The van der Waals surface area contributed by atoms with Crippen molar-refractivity contribution >= 4 is 5.84 Å². The number of rotatable bonds is 11. The zero-order chi connectivity index (χ0) is 33.8. The average molecular weight is 657 g/mol. The summed E-state index contributed by atoms with van der Waals surface area (Å²) in [5.74, 6) is 2.02. The topological polar surface area (TPSA) is 59.2 Å². The van der Waals surface area contributed by atoms with Crippen LogP contribution in [0.5, 0.6) is 0 Å². The van der Waals surface area contributed by atoms with Crippen LogP contribution in [0, 0.1) is 0 Å². The minimum atomic E-state index is -0.816. The Morgan fingerprint density at radius 1 is 0.660 bits per heavy atom. The highest BCUT2D eigenvalue weighted by molar-refractivity contribution is 5.85. The van der Waals surface area contributed by atoms with E-state index in [9.17, 15) is 0 Å². The molecule has 0 N–H and O–H groups in total. The second-order valence-electron chi connectivity index (χ2n) is 13.9. The summed E-state index contributed by atoms with van der Waals surface area (Å²) in [4.78, 5) is 7.92. The molecule has 5 aromatic carbocycles. The number of aliphatic imine (C=N–C) groups is 1. The number of nitrogens with zero attached hydrogens (tertiary/aromatic N) is 6. The summed E-state index contributed by atoms with van der Waals surface area (Å²) in [6.45, 7) is 4.23. The Bertz CT molecular complexity index is 1950. The molecule has 0 atom stereocenters. The van der Waals surface area contributed by atoms with Crippen LogP contribution >= 0.6 is 0 Å². The molecule has 1 aliphatic carbocycles. The molecule has 6 nitrogen and oxygen atoms in total. The predicted molar refractivity (Wildman–Crippen MR) is 202 cm³/mol. The average Bonchev–Trinajstić information content (AvgIpc) is 3.94. The first kappa shape index (κ1) is 31.9. The Balaban J connectivity index is 1.18. The zero-order valence-corrected chi connectivity index (χ0v) is 28.8. The van der Waals surface area contributed by atoms with Gasteiger partial charge in [0.2, 0.25) is 0 Å². The van der Waals surface area contributed by atoms with E-state index in [0.717, 1.165) is 52.9 Å². The fraction of sp³-hybridized carbons (Fsp3) is 0.273. The molecule has 8 rings (SSSR count). The molecule has 1 saturated carbocycles. The third-order valence-electron chi connectivity index (χ3n) is 10.7. The lowest BCUT2D eigenvalue weighted by Gasteiger charge is -2.36. The minimum absolute atomic E-state index is 0.153. The lowest BCUT2D eigenvalue weighted by molar-refractivity contribution is 0.336. The molecule has 0 radical (unpaired) electrons. The van der Waals surface area contributed by atoms with Crippen molar-refractivity contribution in [2.75, 3.05) is 6.54 Å². The van der Waals surface area contributed by atoms with Crippen LogP contribution in [0.25, 0.3) is 22.5 Å². The SMILES string of the molecule is CCCCC1=NC2(CCCC2)CN1Cc1ccc(-c2ccccc2-c2nnnn2C(c2ccccc2)(c2ccccc2)c2ccccc2)cc1. The number of hydrogen-bond acceptors (Lipinski definition) is 5. The van der Waals surface area contributed by atoms with Gasteiger partial charge in [-0.05, 0) is 63.1 Å². The van der Waals surface area contributed by atoms with Crippen LogP contribution in [-0.2, 0) is 12.1 Å². The van der Waals surface area contributed by atoms with Crippen LogP contribution in [0.1, 0.15) is 74.1 Å². The maximum Gasteiger partial charge on any atom is 0.184 e. The molecule has 1 spiro atoms. The van der Waals surface area contributed by atoms with E-state index in [-0.39, 0.29) is 5.54 Å². The van der Waals surface area contributed by atoms with Gasteiger partial charge < -0.3 is 4.90 Å². The molecule has 2 heterocycles. The van der Waals surface area contributed by atoms with E-state index in [4.69, 9.17) is 15.3 Å². The largest absolute Gasteiger partial charge is 0.354 e. The monoisotopic (exact) mass is 656 g/mol. The van der Waals surface area contributed by atoms with E-state index in [2.05, 4.69) is 157 Å². The lowest BCUT2D eigenvalue weighted by Crippen LogP contribution is -2.39. The number of benzene rings is 5. The van der Waals surface area contributed by atoms with Crippen molar-refractivity contribution in [1.82, 2.24) is 25.1 Å². The summed E-state index contributed by atoms with van der Waals surface area (Å²) >= 11 is 0. The van der Waals surface area contributed by atoms with E-state index in [1.165, 1.54) is 49.9 Å². The van der Waals surface area contributed by atoms with Gasteiger partial charge in [0.1, 0.15) is 11.4 Å². The van der Waals surface area contributed by atoms with Gasteiger partial charge in [0, 0.05) is 25.1 Å². The molecule has 1 aromatic heterocycles. The van der Waals surface area contributed by atoms with Crippen molar-refractivity contribution in [3.63, 3.8) is 0 Å². The summed E-state index contributed by atoms with van der Waals surface area (Å²) < 4.78 is 2.02. The van der Waals surface area contributed by atoms with Crippen LogP contribution < -0.4 is 0 Å². The van der Waals surface area contributed by atoms with E-state index in [1.54, 1.807) is 0 Å².